The molecule has 0 saturated carbocycles. The fraction of sp³-hybridized carbons (Fsp3) is 0.500. The molecule has 0 spiro atoms. The number of nitrogens with one attached hydrogen (secondary N) is 2. The van der Waals surface area contributed by atoms with Crippen molar-refractivity contribution in [2.75, 3.05) is 18.1 Å². The van der Waals surface area contributed by atoms with E-state index in [1.54, 1.807) is 30.0 Å². The second-order valence-corrected chi connectivity index (χ2v) is 6.65. The van der Waals surface area contributed by atoms with E-state index in [4.69, 9.17) is 0 Å². The number of carbonyl (C=O) groups excluding carboxylic acids is 2. The van der Waals surface area contributed by atoms with Crippen molar-refractivity contribution >= 4 is 29.3 Å². The van der Waals surface area contributed by atoms with Crippen molar-refractivity contribution in [1.29, 1.82) is 0 Å². The van der Waals surface area contributed by atoms with Gasteiger partial charge in [-0.15, -0.1) is 0 Å². The summed E-state index contributed by atoms with van der Waals surface area (Å²) in [4.78, 5) is 23.6. The number of benzene rings is 1. The molecular formula is C16H22N2O2S. The zero-order chi connectivity index (χ0) is 15.5. The van der Waals surface area contributed by atoms with Gasteiger partial charge >= 0.3 is 0 Å². The Hall–Kier alpha value is -1.49. The molecule has 1 heterocycles. The molecule has 0 atom stereocenters. The highest BCUT2D eigenvalue weighted by Gasteiger charge is 2.26. The molecule has 0 unspecified atom stereocenters. The van der Waals surface area contributed by atoms with Crippen molar-refractivity contribution < 1.29 is 9.59 Å². The second-order valence-electron chi connectivity index (χ2n) is 5.37. The van der Waals surface area contributed by atoms with Gasteiger partial charge in [-0.3, -0.25) is 9.59 Å². The molecule has 0 bridgehead atoms. The van der Waals surface area contributed by atoms with Crippen LogP contribution in [0.2, 0.25) is 0 Å². The van der Waals surface area contributed by atoms with E-state index in [1.165, 1.54) is 0 Å². The highest BCUT2D eigenvalue weighted by Crippen LogP contribution is 2.29. The molecular weight excluding hydrogens is 284 g/mol. The third-order valence-electron chi connectivity index (χ3n) is 4.29. The van der Waals surface area contributed by atoms with Crippen LogP contribution < -0.4 is 10.6 Å². The molecule has 0 radical (unpaired) electrons. The van der Waals surface area contributed by atoms with Crippen molar-refractivity contribution in [3.05, 3.63) is 29.3 Å². The topological polar surface area (TPSA) is 58.2 Å². The number of rotatable bonds is 6. The van der Waals surface area contributed by atoms with Gasteiger partial charge in [-0.1, -0.05) is 13.8 Å². The Morgan fingerprint density at radius 2 is 2.10 bits per heavy atom. The normalized spacial score (nSPS) is 13.8. The first-order valence-corrected chi connectivity index (χ1v) is 8.52. The predicted octanol–water partition coefficient (Wildman–Crippen LogP) is 2.83. The minimum atomic E-state index is -0.0718. The number of thioether (sulfide) groups is 1. The third kappa shape index (κ3) is 3.40. The van der Waals surface area contributed by atoms with Crippen LogP contribution in [-0.2, 0) is 11.2 Å². The van der Waals surface area contributed by atoms with Gasteiger partial charge in [-0.05, 0) is 42.9 Å². The van der Waals surface area contributed by atoms with Gasteiger partial charge in [0.05, 0.1) is 6.42 Å². The minimum absolute atomic E-state index is 0.0130. The van der Waals surface area contributed by atoms with E-state index in [2.05, 4.69) is 30.7 Å². The average molecular weight is 306 g/mol. The Kier molecular flexibility index (Phi) is 4.93. The largest absolute Gasteiger partial charge is 0.351 e. The Balaban J connectivity index is 2.05. The lowest BCUT2D eigenvalue weighted by atomic mass is 10.0. The molecule has 1 aliphatic heterocycles. The van der Waals surface area contributed by atoms with Crippen LogP contribution in [0.3, 0.4) is 0 Å². The number of fused-ring (bicyclic) bond motifs is 1. The van der Waals surface area contributed by atoms with E-state index in [0.29, 0.717) is 18.5 Å². The molecule has 4 nitrogen and oxygen atoms in total. The molecule has 0 aromatic heterocycles. The van der Waals surface area contributed by atoms with Crippen LogP contribution in [-0.4, -0.2) is 29.4 Å². The monoisotopic (exact) mass is 306 g/mol. The number of hydrogen-bond acceptors (Lipinski definition) is 3. The van der Waals surface area contributed by atoms with E-state index < -0.39 is 0 Å². The molecule has 0 saturated heterocycles. The number of hydrogen-bond donors (Lipinski definition) is 2. The van der Waals surface area contributed by atoms with Crippen molar-refractivity contribution in [1.82, 2.24) is 5.32 Å². The summed E-state index contributed by atoms with van der Waals surface area (Å²) in [6.45, 7) is 4.96. The molecule has 1 aromatic carbocycles. The van der Waals surface area contributed by atoms with E-state index in [-0.39, 0.29) is 16.6 Å². The predicted molar refractivity (Wildman–Crippen MR) is 87.9 cm³/mol. The van der Waals surface area contributed by atoms with Crippen molar-refractivity contribution in [3.63, 3.8) is 0 Å². The maximum Gasteiger partial charge on any atom is 0.251 e. The number of anilines is 1. The Labute approximate surface area is 130 Å². The van der Waals surface area contributed by atoms with Crippen molar-refractivity contribution in [2.45, 2.75) is 37.9 Å². The van der Waals surface area contributed by atoms with Crippen LogP contribution in [0.25, 0.3) is 0 Å². The Morgan fingerprint density at radius 1 is 1.38 bits per heavy atom. The number of carbonyl (C=O) groups is 2. The van der Waals surface area contributed by atoms with Crippen LogP contribution in [0, 0.1) is 0 Å². The van der Waals surface area contributed by atoms with Gasteiger partial charge in [0.25, 0.3) is 5.91 Å². The SMILES string of the molecule is CCC(CC)(CNC(=O)c1ccc2c(c1)CC(=O)N2)SC. The molecule has 21 heavy (non-hydrogen) atoms. The van der Waals surface area contributed by atoms with Gasteiger partial charge in [0.2, 0.25) is 5.91 Å². The molecule has 114 valence electrons. The summed E-state index contributed by atoms with van der Waals surface area (Å²) in [5, 5.41) is 5.80. The Morgan fingerprint density at radius 3 is 2.71 bits per heavy atom. The molecule has 1 aliphatic rings. The van der Waals surface area contributed by atoms with Crippen LogP contribution in [0.4, 0.5) is 5.69 Å². The van der Waals surface area contributed by atoms with Gasteiger partial charge in [0, 0.05) is 22.5 Å². The van der Waals surface area contributed by atoms with E-state index in [0.717, 1.165) is 24.1 Å². The van der Waals surface area contributed by atoms with E-state index in [9.17, 15) is 9.59 Å². The van der Waals surface area contributed by atoms with E-state index in [1.807, 2.05) is 0 Å². The highest BCUT2D eigenvalue weighted by atomic mass is 32.2. The maximum absolute atomic E-state index is 12.3. The molecule has 2 amide bonds. The fourth-order valence-corrected chi connectivity index (χ4v) is 3.37. The third-order valence-corrected chi connectivity index (χ3v) is 5.87. The summed E-state index contributed by atoms with van der Waals surface area (Å²) in [5.41, 5.74) is 2.33. The average Bonchev–Trinajstić information content (AvgIpc) is 2.88. The second kappa shape index (κ2) is 6.52. The summed E-state index contributed by atoms with van der Waals surface area (Å²) in [6, 6.07) is 5.37. The molecule has 2 rings (SSSR count). The minimum Gasteiger partial charge on any atom is -0.351 e. The fourth-order valence-electron chi connectivity index (χ4n) is 2.57. The zero-order valence-corrected chi connectivity index (χ0v) is 13.6. The lowest BCUT2D eigenvalue weighted by Crippen LogP contribution is -2.39. The van der Waals surface area contributed by atoms with Crippen LogP contribution in [0.15, 0.2) is 18.2 Å². The first kappa shape index (κ1) is 15.9. The summed E-state index contributed by atoms with van der Waals surface area (Å²) in [5.74, 6) is -0.0848. The summed E-state index contributed by atoms with van der Waals surface area (Å²) < 4.78 is 0.101. The van der Waals surface area contributed by atoms with E-state index >= 15 is 0 Å². The van der Waals surface area contributed by atoms with Crippen molar-refractivity contribution in [2.24, 2.45) is 0 Å². The van der Waals surface area contributed by atoms with Gasteiger partial charge in [-0.25, -0.2) is 0 Å². The van der Waals surface area contributed by atoms with Gasteiger partial charge < -0.3 is 10.6 Å². The van der Waals surface area contributed by atoms with Gasteiger partial charge in [-0.2, -0.15) is 11.8 Å². The van der Waals surface area contributed by atoms with Crippen molar-refractivity contribution in [3.8, 4) is 0 Å². The first-order chi connectivity index (χ1) is 10.0. The lowest BCUT2D eigenvalue weighted by molar-refractivity contribution is -0.115. The molecule has 0 aliphatic carbocycles. The quantitative estimate of drug-likeness (QED) is 0.849. The van der Waals surface area contributed by atoms with Crippen LogP contribution in [0.5, 0.6) is 0 Å². The summed E-state index contributed by atoms with van der Waals surface area (Å²) in [6.07, 6.45) is 4.49. The summed E-state index contributed by atoms with van der Waals surface area (Å²) in [7, 11) is 0. The van der Waals surface area contributed by atoms with Gasteiger partial charge in [0.1, 0.15) is 0 Å². The summed E-state index contributed by atoms with van der Waals surface area (Å²) >= 11 is 1.81. The van der Waals surface area contributed by atoms with Gasteiger partial charge in [0.15, 0.2) is 0 Å². The highest BCUT2D eigenvalue weighted by molar-refractivity contribution is 8.00. The number of amides is 2. The zero-order valence-electron chi connectivity index (χ0n) is 12.8. The first-order valence-electron chi connectivity index (χ1n) is 7.29. The van der Waals surface area contributed by atoms with Crippen LogP contribution >= 0.6 is 11.8 Å². The smallest absolute Gasteiger partial charge is 0.251 e. The standard InChI is InChI=1S/C16H22N2O2S/c1-4-16(5-2,21-3)10-17-15(20)11-6-7-13-12(8-11)9-14(19)18-13/h6-8H,4-5,9-10H2,1-3H3,(H,17,20)(H,18,19). The maximum atomic E-state index is 12.3. The van der Waals surface area contributed by atoms with Crippen LogP contribution in [0.1, 0.15) is 42.6 Å². The molecule has 5 heteroatoms. The Bertz CT molecular complexity index is 545. The lowest BCUT2D eigenvalue weighted by Gasteiger charge is -2.29. The molecule has 1 aromatic rings. The molecule has 2 N–H and O–H groups in total. The molecule has 0 fully saturated rings.